The van der Waals surface area contributed by atoms with Crippen molar-refractivity contribution in [2.24, 2.45) is 0 Å². The Hall–Kier alpha value is -1.56. The molecule has 0 aliphatic carbocycles. The van der Waals surface area contributed by atoms with Crippen LogP contribution >= 0.6 is 0 Å². The fraction of sp³-hybridized carbons (Fsp3) is 0.250. The van der Waals surface area contributed by atoms with Crippen molar-refractivity contribution in [3.8, 4) is 0 Å². The van der Waals surface area contributed by atoms with Crippen molar-refractivity contribution in [1.82, 2.24) is 0 Å². The van der Waals surface area contributed by atoms with Crippen molar-refractivity contribution in [1.29, 1.82) is 0 Å². The smallest absolute Gasteiger partial charge is 0.0184 e. The second-order valence-electron chi connectivity index (χ2n) is 2.43. The number of rotatable bonds is 3. The van der Waals surface area contributed by atoms with E-state index in [0.717, 1.165) is 5.57 Å². The molecule has 0 radical (unpaired) electrons. The van der Waals surface area contributed by atoms with Crippen molar-refractivity contribution in [3.05, 3.63) is 67.3 Å². The normalized spacial score (nSPS) is 8.50. The molecule has 1 rings (SSSR count). The lowest BCUT2D eigenvalue weighted by atomic mass is 10.1. The van der Waals surface area contributed by atoms with Crippen LogP contribution in [0, 0.1) is 0 Å². The molecule has 0 bridgehead atoms. The third kappa shape index (κ3) is 6.83. The molecule has 90 valence electrons. The van der Waals surface area contributed by atoms with Crippen molar-refractivity contribution in [2.75, 3.05) is 0 Å². The SMILES string of the molecule is C.C.C=C/C=C(\C=C)c1ccccc1.CC. The Labute approximate surface area is 102 Å². The maximum absolute atomic E-state index is 3.74. The summed E-state index contributed by atoms with van der Waals surface area (Å²) in [6, 6.07) is 10.1. The highest BCUT2D eigenvalue weighted by molar-refractivity contribution is 5.74. The van der Waals surface area contributed by atoms with Gasteiger partial charge in [0.2, 0.25) is 0 Å². The van der Waals surface area contributed by atoms with Gasteiger partial charge in [-0.25, -0.2) is 0 Å². The summed E-state index contributed by atoms with van der Waals surface area (Å²) in [5, 5.41) is 0. The Morgan fingerprint density at radius 1 is 1.00 bits per heavy atom. The fourth-order valence-electron chi connectivity index (χ4n) is 1.04. The van der Waals surface area contributed by atoms with Crippen LogP contribution in [0.2, 0.25) is 0 Å². The second-order valence-corrected chi connectivity index (χ2v) is 2.43. The largest absolute Gasteiger partial charge is 0.0990 e. The molecule has 0 aliphatic rings. The van der Waals surface area contributed by atoms with E-state index in [1.54, 1.807) is 6.08 Å². The minimum atomic E-state index is 0. The van der Waals surface area contributed by atoms with Crippen LogP contribution in [-0.4, -0.2) is 0 Å². The Bertz CT molecular complexity index is 291. The molecule has 16 heavy (non-hydrogen) atoms. The van der Waals surface area contributed by atoms with Crippen LogP contribution in [0.5, 0.6) is 0 Å². The Morgan fingerprint density at radius 2 is 1.50 bits per heavy atom. The number of hydrogen-bond donors (Lipinski definition) is 0. The molecule has 0 heterocycles. The molecular formula is C16H26. The maximum Gasteiger partial charge on any atom is -0.0184 e. The predicted molar refractivity (Wildman–Crippen MR) is 79.6 cm³/mol. The van der Waals surface area contributed by atoms with E-state index in [9.17, 15) is 0 Å². The summed E-state index contributed by atoms with van der Waals surface area (Å²) in [6.45, 7) is 11.4. The van der Waals surface area contributed by atoms with Gasteiger partial charge in [-0.1, -0.05) is 90.4 Å². The van der Waals surface area contributed by atoms with Gasteiger partial charge >= 0.3 is 0 Å². The summed E-state index contributed by atoms with van der Waals surface area (Å²) < 4.78 is 0. The molecule has 1 aromatic carbocycles. The first kappa shape index (κ1) is 19.9. The van der Waals surface area contributed by atoms with Crippen molar-refractivity contribution < 1.29 is 0 Å². The summed E-state index contributed by atoms with van der Waals surface area (Å²) in [4.78, 5) is 0. The van der Waals surface area contributed by atoms with Gasteiger partial charge in [0.1, 0.15) is 0 Å². The highest BCUT2D eigenvalue weighted by Gasteiger charge is 1.92. The number of benzene rings is 1. The summed E-state index contributed by atoms with van der Waals surface area (Å²) in [5.41, 5.74) is 2.28. The molecule has 0 saturated heterocycles. The van der Waals surface area contributed by atoms with Crippen LogP contribution in [0.4, 0.5) is 0 Å². The monoisotopic (exact) mass is 218 g/mol. The van der Waals surface area contributed by atoms with Crippen molar-refractivity contribution in [2.45, 2.75) is 28.7 Å². The zero-order chi connectivity index (χ0) is 10.8. The topological polar surface area (TPSA) is 0 Å². The van der Waals surface area contributed by atoms with Gasteiger partial charge in [-0.3, -0.25) is 0 Å². The molecule has 1 aromatic rings. The summed E-state index contributed by atoms with van der Waals surface area (Å²) in [5.74, 6) is 0. The predicted octanol–water partition coefficient (Wildman–Crippen LogP) is 5.74. The first-order valence-electron chi connectivity index (χ1n) is 4.89. The van der Waals surface area contributed by atoms with Gasteiger partial charge in [0.25, 0.3) is 0 Å². The average Bonchev–Trinajstić information content (AvgIpc) is 2.30. The van der Waals surface area contributed by atoms with E-state index in [-0.39, 0.29) is 14.9 Å². The molecule has 0 atom stereocenters. The fourth-order valence-corrected chi connectivity index (χ4v) is 1.04. The first-order valence-corrected chi connectivity index (χ1v) is 4.89. The minimum Gasteiger partial charge on any atom is -0.0990 e. The zero-order valence-corrected chi connectivity index (χ0v) is 9.03. The van der Waals surface area contributed by atoms with Crippen LogP contribution in [0.3, 0.4) is 0 Å². The molecular weight excluding hydrogens is 192 g/mol. The first-order chi connectivity index (χ1) is 6.88. The third-order valence-electron chi connectivity index (χ3n) is 1.62. The molecule has 0 N–H and O–H groups in total. The third-order valence-corrected chi connectivity index (χ3v) is 1.62. The van der Waals surface area contributed by atoms with Crippen LogP contribution in [0.15, 0.2) is 61.7 Å². The van der Waals surface area contributed by atoms with Gasteiger partial charge in [0, 0.05) is 0 Å². The molecule has 0 spiro atoms. The van der Waals surface area contributed by atoms with Gasteiger partial charge < -0.3 is 0 Å². The van der Waals surface area contributed by atoms with E-state index in [1.165, 1.54) is 5.56 Å². The lowest BCUT2D eigenvalue weighted by Gasteiger charge is -1.99. The van der Waals surface area contributed by atoms with Gasteiger partial charge in [0.05, 0.1) is 0 Å². The summed E-state index contributed by atoms with van der Waals surface area (Å²) in [6.07, 6.45) is 5.54. The average molecular weight is 218 g/mol. The molecule has 0 amide bonds. The quantitative estimate of drug-likeness (QED) is 0.567. The lowest BCUT2D eigenvalue weighted by molar-refractivity contribution is 1.50. The van der Waals surface area contributed by atoms with Crippen molar-refractivity contribution in [3.63, 3.8) is 0 Å². The Kier molecular flexibility index (Phi) is 16.7. The molecule has 0 saturated carbocycles. The maximum atomic E-state index is 3.74. The standard InChI is InChI=1S/C12H12.C2H6.2CH4/c1-3-8-11(4-2)12-9-6-5-7-10-12;1-2;;/h3-10H,1-2H2;1-2H3;2*1H4/b11-8+;;;. The van der Waals surface area contributed by atoms with Gasteiger partial charge in [-0.15, -0.1) is 0 Å². The van der Waals surface area contributed by atoms with Crippen LogP contribution in [0.25, 0.3) is 5.57 Å². The van der Waals surface area contributed by atoms with Crippen LogP contribution in [-0.2, 0) is 0 Å². The molecule has 0 aliphatic heterocycles. The zero-order valence-electron chi connectivity index (χ0n) is 9.03. The molecule has 0 unspecified atom stereocenters. The molecule has 0 heteroatoms. The highest BCUT2D eigenvalue weighted by Crippen LogP contribution is 2.14. The minimum absolute atomic E-state index is 0. The number of allylic oxidation sites excluding steroid dienone is 4. The van der Waals surface area contributed by atoms with E-state index in [4.69, 9.17) is 0 Å². The van der Waals surface area contributed by atoms with Gasteiger partial charge in [-0.2, -0.15) is 0 Å². The summed E-state index contributed by atoms with van der Waals surface area (Å²) >= 11 is 0. The van der Waals surface area contributed by atoms with Gasteiger partial charge in [0.15, 0.2) is 0 Å². The van der Waals surface area contributed by atoms with Crippen LogP contribution < -0.4 is 0 Å². The van der Waals surface area contributed by atoms with E-state index in [0.29, 0.717) is 0 Å². The number of hydrogen-bond acceptors (Lipinski definition) is 0. The van der Waals surface area contributed by atoms with E-state index >= 15 is 0 Å². The molecule has 0 nitrogen and oxygen atoms in total. The van der Waals surface area contributed by atoms with Crippen molar-refractivity contribution >= 4 is 5.57 Å². The Balaban J connectivity index is -0.000000399. The molecule has 0 fully saturated rings. The summed E-state index contributed by atoms with van der Waals surface area (Å²) in [7, 11) is 0. The Morgan fingerprint density at radius 3 is 1.88 bits per heavy atom. The van der Waals surface area contributed by atoms with E-state index < -0.39 is 0 Å². The van der Waals surface area contributed by atoms with E-state index in [2.05, 4.69) is 25.3 Å². The second kappa shape index (κ2) is 13.4. The lowest BCUT2D eigenvalue weighted by Crippen LogP contribution is -1.77. The van der Waals surface area contributed by atoms with Gasteiger partial charge in [-0.05, 0) is 11.1 Å². The van der Waals surface area contributed by atoms with E-state index in [1.807, 2.05) is 44.2 Å². The molecule has 0 aromatic heterocycles. The highest BCUT2D eigenvalue weighted by atomic mass is 14.0. The van der Waals surface area contributed by atoms with Crippen LogP contribution in [0.1, 0.15) is 34.3 Å².